The lowest BCUT2D eigenvalue weighted by molar-refractivity contribution is -0.950. The Morgan fingerprint density at radius 3 is 2.68 bits per heavy atom. The third-order valence-electron chi connectivity index (χ3n) is 10.7. The average Bonchev–Trinajstić information content (AvgIpc) is 3.68. The number of nitrogens with zero attached hydrogens (tertiary/aromatic N) is 2. The van der Waals surface area contributed by atoms with E-state index in [4.69, 9.17) is 14.6 Å². The van der Waals surface area contributed by atoms with E-state index >= 15 is 0 Å². The number of amides is 3. The molecule has 0 radical (unpaired) electrons. The molecule has 6 rings (SSSR count). The molecule has 0 aromatic heterocycles. The van der Waals surface area contributed by atoms with Gasteiger partial charge < -0.3 is 39.7 Å². The maximum atomic E-state index is 13.2. The summed E-state index contributed by atoms with van der Waals surface area (Å²) in [6.07, 6.45) is 3.77. The molecule has 2 saturated carbocycles. The summed E-state index contributed by atoms with van der Waals surface area (Å²) in [5.74, 6) is -0.879. The van der Waals surface area contributed by atoms with Crippen LogP contribution in [0.5, 0.6) is 11.5 Å². The second kappa shape index (κ2) is 10.8. The van der Waals surface area contributed by atoms with Crippen LogP contribution in [0, 0.1) is 5.92 Å². The number of carboxylic acids is 1. The predicted octanol–water partition coefficient (Wildman–Crippen LogP) is 1.48. The predicted molar refractivity (Wildman–Crippen MR) is 158 cm³/mol. The fourth-order valence-corrected chi connectivity index (χ4v) is 8.50. The second-order valence-corrected chi connectivity index (χ2v) is 13.7. The summed E-state index contributed by atoms with van der Waals surface area (Å²) in [4.78, 5) is 49.3. The molecular weight excluding hydrogens is 568 g/mol. The molecule has 3 aliphatic carbocycles. The van der Waals surface area contributed by atoms with Crippen molar-refractivity contribution in [1.29, 1.82) is 0 Å². The van der Waals surface area contributed by atoms with Crippen molar-refractivity contribution in [3.05, 3.63) is 35.4 Å². The molecule has 1 unspecified atom stereocenters. The van der Waals surface area contributed by atoms with Crippen molar-refractivity contribution in [2.45, 2.75) is 81.1 Å². The van der Waals surface area contributed by atoms with Crippen molar-refractivity contribution < 1.29 is 43.3 Å². The zero-order valence-corrected chi connectivity index (χ0v) is 25.7. The third kappa shape index (κ3) is 4.82. The molecule has 12 nitrogen and oxygen atoms in total. The fourth-order valence-electron chi connectivity index (χ4n) is 8.50. The van der Waals surface area contributed by atoms with Crippen LogP contribution in [-0.2, 0) is 26.2 Å². The molecule has 1 saturated heterocycles. The fraction of sp³-hybridized carbons (Fsp3) is 0.625. The summed E-state index contributed by atoms with van der Waals surface area (Å²) < 4.78 is 13.4. The zero-order valence-electron chi connectivity index (χ0n) is 25.7. The first kappa shape index (κ1) is 30.4. The number of aliphatic carboxylic acids is 1. The number of carbonyl (C=O) groups excluding carboxylic acids is 3. The van der Waals surface area contributed by atoms with Crippen molar-refractivity contribution in [2.24, 2.45) is 5.92 Å². The largest absolute Gasteiger partial charge is 0.481 e. The molecule has 4 N–H and O–H groups in total. The van der Waals surface area contributed by atoms with Crippen molar-refractivity contribution in [2.75, 3.05) is 40.3 Å². The van der Waals surface area contributed by atoms with Gasteiger partial charge in [-0.3, -0.25) is 14.4 Å². The summed E-state index contributed by atoms with van der Waals surface area (Å²) in [6, 6.07) is 2.62. The SMILES string of the molecule is C=C1CC[C@@]2(O)[C@@H]3Cc4ccc(OC(=O)N(C)CCNC(=O)[C@H](CC(=O)O)NC(C)=O)c5c4[C@@]2(CC[N+]3(C)CC2CC2)[C@H]1O5. The van der Waals surface area contributed by atoms with E-state index in [9.17, 15) is 24.3 Å². The molecule has 3 amide bonds. The number of ether oxygens (including phenoxy) is 2. The van der Waals surface area contributed by atoms with Gasteiger partial charge in [0, 0.05) is 51.4 Å². The Labute approximate surface area is 256 Å². The van der Waals surface area contributed by atoms with E-state index in [-0.39, 0.29) is 31.0 Å². The molecule has 1 aromatic carbocycles. The molecule has 12 heteroatoms. The molecule has 44 heavy (non-hydrogen) atoms. The minimum Gasteiger partial charge on any atom is -0.481 e. The summed E-state index contributed by atoms with van der Waals surface area (Å²) in [5, 5.41) is 26.6. The first-order valence-electron chi connectivity index (χ1n) is 15.6. The molecule has 2 aliphatic heterocycles. The Morgan fingerprint density at radius 2 is 2.00 bits per heavy atom. The van der Waals surface area contributed by atoms with Gasteiger partial charge in [-0.05, 0) is 42.9 Å². The monoisotopic (exact) mass is 611 g/mol. The van der Waals surface area contributed by atoms with Gasteiger partial charge in [0.25, 0.3) is 0 Å². The highest BCUT2D eigenvalue weighted by atomic mass is 16.6. The van der Waals surface area contributed by atoms with Crippen molar-refractivity contribution in [1.82, 2.24) is 15.5 Å². The number of benzene rings is 1. The van der Waals surface area contributed by atoms with Gasteiger partial charge >= 0.3 is 12.1 Å². The molecule has 2 bridgehead atoms. The number of carboxylic acid groups (broad SMARTS) is 1. The third-order valence-corrected chi connectivity index (χ3v) is 10.7. The Bertz CT molecular complexity index is 1410. The summed E-state index contributed by atoms with van der Waals surface area (Å²) in [7, 11) is 3.84. The highest BCUT2D eigenvalue weighted by molar-refractivity contribution is 5.90. The number of rotatable bonds is 10. The Balaban J connectivity index is 1.19. The molecule has 1 aromatic rings. The van der Waals surface area contributed by atoms with Crippen molar-refractivity contribution >= 4 is 23.9 Å². The molecule has 3 fully saturated rings. The van der Waals surface area contributed by atoms with Gasteiger partial charge in [0.05, 0.1) is 32.0 Å². The van der Waals surface area contributed by atoms with Crippen molar-refractivity contribution in [3.63, 3.8) is 0 Å². The Morgan fingerprint density at radius 1 is 1.25 bits per heavy atom. The topological polar surface area (TPSA) is 154 Å². The highest BCUT2D eigenvalue weighted by Gasteiger charge is 2.75. The lowest BCUT2D eigenvalue weighted by atomic mass is 9.48. The van der Waals surface area contributed by atoms with Gasteiger partial charge in [-0.15, -0.1) is 0 Å². The van der Waals surface area contributed by atoms with Crippen LogP contribution in [0.15, 0.2) is 24.3 Å². The number of aliphatic hydroxyl groups is 1. The summed E-state index contributed by atoms with van der Waals surface area (Å²) in [5.41, 5.74) is 1.48. The van der Waals surface area contributed by atoms with Gasteiger partial charge in [0.15, 0.2) is 11.5 Å². The number of hydrogen-bond donors (Lipinski definition) is 4. The minimum absolute atomic E-state index is 0.0188. The van der Waals surface area contributed by atoms with E-state index in [1.54, 1.807) is 6.07 Å². The number of quaternary nitrogens is 1. The molecule has 6 atom stereocenters. The van der Waals surface area contributed by atoms with E-state index < -0.39 is 47.4 Å². The Kier molecular flexibility index (Phi) is 7.43. The van der Waals surface area contributed by atoms with Crippen molar-refractivity contribution in [3.8, 4) is 11.5 Å². The van der Waals surface area contributed by atoms with E-state index in [1.165, 1.54) is 31.7 Å². The van der Waals surface area contributed by atoms with Crippen LogP contribution in [0.4, 0.5) is 4.79 Å². The van der Waals surface area contributed by atoms with E-state index in [2.05, 4.69) is 24.3 Å². The summed E-state index contributed by atoms with van der Waals surface area (Å²) in [6.45, 7) is 7.69. The number of likely N-dealkylation sites (N-methyl/N-ethyl adjacent to an activating group) is 2. The molecule has 238 valence electrons. The zero-order chi connectivity index (χ0) is 31.6. The van der Waals surface area contributed by atoms with E-state index in [1.807, 2.05) is 6.07 Å². The van der Waals surface area contributed by atoms with Gasteiger partial charge in [0.1, 0.15) is 23.8 Å². The van der Waals surface area contributed by atoms with Crippen LogP contribution < -0.4 is 20.1 Å². The van der Waals surface area contributed by atoms with Crippen LogP contribution in [0.1, 0.15) is 56.6 Å². The number of likely N-dealkylation sites (tertiary alicyclic amines) is 1. The molecule has 1 spiro atoms. The maximum absolute atomic E-state index is 13.2. The molecule has 5 aliphatic rings. The van der Waals surface area contributed by atoms with Crippen LogP contribution in [0.25, 0.3) is 0 Å². The summed E-state index contributed by atoms with van der Waals surface area (Å²) >= 11 is 0. The molecular formula is C32H43N4O8+. The Hall–Kier alpha value is -3.64. The van der Waals surface area contributed by atoms with Crippen LogP contribution in [-0.4, -0.2) is 108 Å². The van der Waals surface area contributed by atoms with Gasteiger partial charge in [0.2, 0.25) is 11.8 Å². The van der Waals surface area contributed by atoms with Crippen LogP contribution >= 0.6 is 0 Å². The van der Waals surface area contributed by atoms with Gasteiger partial charge in [-0.1, -0.05) is 12.6 Å². The van der Waals surface area contributed by atoms with E-state index in [0.717, 1.165) is 53.0 Å². The number of hydrogen-bond acceptors (Lipinski definition) is 7. The highest BCUT2D eigenvalue weighted by Crippen LogP contribution is 2.67. The standard InChI is InChI=1S/C32H42N4O8/c1-18-9-10-32(42)24-15-21-7-8-23(27-26(21)31(32,28(18)44-27)11-14-36(24,4)17-20-5-6-20)43-30(41)35(3)13-12-33-29(40)22(16-25(38)39)34-19(2)37/h7-8,20,22,24,28,42H,1,5-6,9-17H2,2-4H3,(H2-,33,34,37,38,39,40)/p+1/t22-,24-,28-,31-,32+,36?/m0/s1. The maximum Gasteiger partial charge on any atom is 0.415 e. The normalized spacial score (nSPS) is 31.7. The number of carbonyl (C=O) groups is 4. The second-order valence-electron chi connectivity index (χ2n) is 13.7. The van der Waals surface area contributed by atoms with Crippen LogP contribution in [0.2, 0.25) is 0 Å². The van der Waals surface area contributed by atoms with Crippen LogP contribution in [0.3, 0.4) is 0 Å². The average molecular weight is 612 g/mol. The smallest absolute Gasteiger partial charge is 0.415 e. The lowest BCUT2D eigenvalue weighted by Gasteiger charge is -2.65. The first-order chi connectivity index (χ1) is 20.8. The lowest BCUT2D eigenvalue weighted by Crippen LogP contribution is -2.80. The first-order valence-corrected chi connectivity index (χ1v) is 15.6. The molecule has 2 heterocycles. The van der Waals surface area contributed by atoms with Gasteiger partial charge in [-0.2, -0.15) is 0 Å². The van der Waals surface area contributed by atoms with Gasteiger partial charge in [-0.25, -0.2) is 4.79 Å². The number of nitrogens with one attached hydrogen (secondary N) is 2. The minimum atomic E-state index is -1.23. The number of piperidine rings is 1. The van der Waals surface area contributed by atoms with E-state index in [0.29, 0.717) is 18.6 Å². The quantitative estimate of drug-likeness (QED) is 0.229.